The third-order valence-electron chi connectivity index (χ3n) is 3.11. The molecule has 0 aliphatic carbocycles. The molecule has 0 aromatic rings. The summed E-state index contributed by atoms with van der Waals surface area (Å²) in [6.45, 7) is 9.01. The van der Waals surface area contributed by atoms with Crippen LogP contribution >= 0.6 is 0 Å². The van der Waals surface area contributed by atoms with Gasteiger partial charge in [0.15, 0.2) is 6.29 Å². The normalized spacial score (nSPS) is 15.2. The molecule has 2 atom stereocenters. The minimum absolute atomic E-state index is 0.0671. The van der Waals surface area contributed by atoms with Crippen LogP contribution < -0.4 is 0 Å². The fourth-order valence-electron chi connectivity index (χ4n) is 1.60. The highest BCUT2D eigenvalue weighted by Gasteiger charge is 2.15. The largest absolute Gasteiger partial charge is 0.493 e. The number of ether oxygens (including phenoxy) is 3. The molecule has 0 aliphatic rings. The van der Waals surface area contributed by atoms with Crippen molar-refractivity contribution in [2.24, 2.45) is 5.89 Å². The van der Waals surface area contributed by atoms with Crippen molar-refractivity contribution in [3.8, 4) is 0 Å². The quantitative estimate of drug-likeness (QED) is 0.418. The number of aliphatic hydroxyl groups is 1. The molecule has 0 aliphatic heterocycles. The maximum atomic E-state index is 11.6. The highest BCUT2D eigenvalue weighted by atomic mass is 16.7. The van der Waals surface area contributed by atoms with Gasteiger partial charge < -0.3 is 19.3 Å². The predicted octanol–water partition coefficient (Wildman–Crippen LogP) is 2.67. The number of allylic oxidation sites excluding steroid dienone is 1. The monoisotopic (exact) mass is 303 g/mol. The number of methoxy groups -OCH3 is 1. The maximum Gasteiger partial charge on any atom is 0.191 e. The van der Waals surface area contributed by atoms with E-state index in [0.29, 0.717) is 31.4 Å². The second-order valence-corrected chi connectivity index (χ2v) is 5.14. The first-order valence-corrected chi connectivity index (χ1v) is 7.37. The van der Waals surface area contributed by atoms with E-state index < -0.39 is 12.2 Å². The molecule has 0 saturated carbocycles. The average Bonchev–Trinajstić information content (AvgIpc) is 2.46. The number of hydrogen-bond donors (Lipinski definition) is 1. The van der Waals surface area contributed by atoms with Crippen LogP contribution in [0.2, 0.25) is 0 Å². The molecule has 0 aromatic heterocycles. The van der Waals surface area contributed by atoms with Gasteiger partial charge in [0.1, 0.15) is 12.4 Å². The van der Waals surface area contributed by atoms with E-state index in [1.165, 1.54) is 7.11 Å². The van der Waals surface area contributed by atoms with Crippen molar-refractivity contribution in [3.63, 3.8) is 0 Å². The zero-order valence-electron chi connectivity index (χ0n) is 14.7. The van der Waals surface area contributed by atoms with Gasteiger partial charge in [-0.05, 0) is 12.8 Å². The van der Waals surface area contributed by atoms with Crippen molar-refractivity contribution >= 4 is 5.78 Å². The summed E-state index contributed by atoms with van der Waals surface area (Å²) in [5.41, 5.74) is 0. The van der Waals surface area contributed by atoms with Gasteiger partial charge in [-0.1, -0.05) is 27.4 Å². The lowest BCUT2D eigenvalue weighted by atomic mass is 10.0. The molecule has 0 radical (unpaired) electrons. The van der Waals surface area contributed by atoms with Gasteiger partial charge >= 0.3 is 0 Å². The van der Waals surface area contributed by atoms with Crippen molar-refractivity contribution in [1.29, 1.82) is 0 Å². The van der Waals surface area contributed by atoms with Crippen LogP contribution in [0.5, 0.6) is 0 Å². The van der Waals surface area contributed by atoms with Crippen LogP contribution in [-0.2, 0) is 19.0 Å². The topological polar surface area (TPSA) is 65.0 Å². The first-order chi connectivity index (χ1) is 10.2. The molecule has 1 N–H and O–H groups in total. The van der Waals surface area contributed by atoms with Crippen molar-refractivity contribution in [3.05, 3.63) is 12.3 Å². The minimum atomic E-state index is -1.05. The van der Waals surface area contributed by atoms with Gasteiger partial charge in [0.2, 0.25) is 0 Å². The van der Waals surface area contributed by atoms with Crippen LogP contribution in [0.1, 0.15) is 47.8 Å². The van der Waals surface area contributed by atoms with E-state index in [0.717, 1.165) is 0 Å². The number of aliphatic hydroxyl groups excluding tert-OH is 1. The van der Waals surface area contributed by atoms with Gasteiger partial charge in [0, 0.05) is 27.2 Å². The summed E-state index contributed by atoms with van der Waals surface area (Å²) >= 11 is 0. The molecule has 5 heteroatoms. The van der Waals surface area contributed by atoms with Gasteiger partial charge in [-0.15, -0.1) is 0 Å². The van der Waals surface area contributed by atoms with Gasteiger partial charge in [0.25, 0.3) is 0 Å². The van der Waals surface area contributed by atoms with Crippen molar-refractivity contribution in [2.45, 2.75) is 58.8 Å². The standard InChI is InChI=1S/C16H30O5/c1-6-14(10-17)21-16(19-5)11-20-13(4)8-7-9-15(18)12(2)3/h12,14,16-17H,4,6-11H2,1-3,5H3/i12D. The Kier molecular flexibility index (Phi) is 10.1. The summed E-state index contributed by atoms with van der Waals surface area (Å²) in [5, 5.41) is 9.10. The Bertz CT molecular complexity index is 334. The number of hydrogen-bond acceptors (Lipinski definition) is 5. The Morgan fingerprint density at radius 2 is 2.05 bits per heavy atom. The number of carbonyl (C=O) groups is 1. The van der Waals surface area contributed by atoms with Crippen LogP contribution in [0, 0.1) is 5.89 Å². The highest BCUT2D eigenvalue weighted by molar-refractivity contribution is 5.80. The van der Waals surface area contributed by atoms with Crippen LogP contribution in [0.3, 0.4) is 0 Å². The summed E-state index contributed by atoms with van der Waals surface area (Å²) in [6, 6.07) is 0. The number of Topliss-reactive ketones (excluding diaryl/α,β-unsaturated/α-hetero) is 1. The Morgan fingerprint density at radius 3 is 2.52 bits per heavy atom. The zero-order valence-corrected chi connectivity index (χ0v) is 13.7. The SMILES string of the molecule is [2H]C(C)(C)C(=O)CCCC(=C)OCC(OC)OC(CC)CO. The van der Waals surface area contributed by atoms with Crippen LogP contribution in [0.25, 0.3) is 0 Å². The van der Waals surface area contributed by atoms with Gasteiger partial charge in [-0.3, -0.25) is 4.79 Å². The van der Waals surface area contributed by atoms with Crippen LogP contribution in [0.15, 0.2) is 12.3 Å². The molecule has 21 heavy (non-hydrogen) atoms. The summed E-state index contributed by atoms with van der Waals surface area (Å²) in [4.78, 5) is 11.6. The summed E-state index contributed by atoms with van der Waals surface area (Å²) in [5.74, 6) is -0.582. The number of ketones is 1. The molecule has 0 rings (SSSR count). The Labute approximate surface area is 129 Å². The minimum Gasteiger partial charge on any atom is -0.493 e. The lowest BCUT2D eigenvalue weighted by Gasteiger charge is -2.22. The molecule has 0 spiro atoms. The Balaban J connectivity index is 3.99. The smallest absolute Gasteiger partial charge is 0.191 e. The van der Waals surface area contributed by atoms with Gasteiger partial charge in [-0.2, -0.15) is 0 Å². The number of carbonyl (C=O) groups excluding carboxylic acids is 1. The average molecular weight is 303 g/mol. The highest BCUT2D eigenvalue weighted by Crippen LogP contribution is 2.12. The molecule has 5 nitrogen and oxygen atoms in total. The zero-order chi connectivity index (χ0) is 17.2. The van der Waals surface area contributed by atoms with Crippen molar-refractivity contribution < 1.29 is 25.5 Å². The molecule has 0 amide bonds. The van der Waals surface area contributed by atoms with E-state index in [9.17, 15) is 4.79 Å². The number of rotatable bonds is 13. The molecule has 0 fully saturated rings. The second kappa shape index (κ2) is 11.7. The van der Waals surface area contributed by atoms with Crippen molar-refractivity contribution in [1.82, 2.24) is 0 Å². The van der Waals surface area contributed by atoms with Crippen LogP contribution in [-0.4, -0.2) is 43.6 Å². The third kappa shape index (κ3) is 9.61. The van der Waals surface area contributed by atoms with E-state index in [2.05, 4.69) is 6.58 Å². The maximum absolute atomic E-state index is 11.6. The molecular weight excluding hydrogens is 272 g/mol. The summed E-state index contributed by atoms with van der Waals surface area (Å²) in [6.07, 6.45) is 1.33. The van der Waals surface area contributed by atoms with Gasteiger partial charge in [-0.25, -0.2) is 0 Å². The fraction of sp³-hybridized carbons (Fsp3) is 0.812. The third-order valence-corrected chi connectivity index (χ3v) is 3.11. The van der Waals surface area contributed by atoms with E-state index in [4.69, 9.17) is 20.7 Å². The molecule has 0 bridgehead atoms. The first-order valence-electron chi connectivity index (χ1n) is 7.87. The molecule has 2 unspecified atom stereocenters. The molecule has 0 saturated heterocycles. The Morgan fingerprint density at radius 1 is 1.38 bits per heavy atom. The fourth-order valence-corrected chi connectivity index (χ4v) is 1.60. The van der Waals surface area contributed by atoms with E-state index in [-0.39, 0.29) is 25.1 Å². The molecule has 0 aromatic carbocycles. The molecule has 124 valence electrons. The van der Waals surface area contributed by atoms with E-state index >= 15 is 0 Å². The summed E-state index contributed by atoms with van der Waals surface area (Å²) in [7, 11) is 1.51. The molecular formula is C16H30O5. The van der Waals surface area contributed by atoms with E-state index in [1.54, 1.807) is 13.8 Å². The summed E-state index contributed by atoms with van der Waals surface area (Å²) < 4.78 is 23.8. The van der Waals surface area contributed by atoms with Crippen LogP contribution in [0.4, 0.5) is 0 Å². The lowest BCUT2D eigenvalue weighted by molar-refractivity contribution is -0.184. The van der Waals surface area contributed by atoms with Crippen molar-refractivity contribution in [2.75, 3.05) is 20.3 Å². The molecule has 0 heterocycles. The van der Waals surface area contributed by atoms with E-state index in [1.807, 2.05) is 6.92 Å². The first kappa shape index (κ1) is 18.1. The Hall–Kier alpha value is -0.910. The lowest BCUT2D eigenvalue weighted by Crippen LogP contribution is -2.29. The second-order valence-electron chi connectivity index (χ2n) is 5.14. The predicted molar refractivity (Wildman–Crippen MR) is 81.8 cm³/mol. The van der Waals surface area contributed by atoms with Gasteiger partial charge in [0.05, 0.1) is 18.5 Å².